The van der Waals surface area contributed by atoms with Gasteiger partial charge in [-0.05, 0) is 12.5 Å². The van der Waals surface area contributed by atoms with E-state index in [4.69, 9.17) is 5.73 Å². The third-order valence-corrected chi connectivity index (χ3v) is 2.05. The number of nitrogens with two attached hydrogens (primary N) is 1. The van der Waals surface area contributed by atoms with Gasteiger partial charge in [-0.15, -0.1) is 0 Å². The normalized spacial score (nSPS) is 12.9. The predicted octanol–water partition coefficient (Wildman–Crippen LogP) is 3.07. The first-order chi connectivity index (χ1) is 7.03. The summed E-state index contributed by atoms with van der Waals surface area (Å²) in [7, 11) is 0. The summed E-state index contributed by atoms with van der Waals surface area (Å²) in [5.41, 5.74) is 6.54. The molecule has 0 atom stereocenters. The molecule has 0 heterocycles. The maximum Gasteiger partial charge on any atom is 0.263 e. The first-order valence-electron chi connectivity index (χ1n) is 4.83. The van der Waals surface area contributed by atoms with Gasteiger partial charge in [0.05, 0.1) is 6.54 Å². The van der Waals surface area contributed by atoms with Gasteiger partial charge in [0.1, 0.15) is 0 Å². The molecule has 0 bridgehead atoms. The zero-order valence-corrected chi connectivity index (χ0v) is 8.71. The van der Waals surface area contributed by atoms with Crippen LogP contribution in [0.15, 0.2) is 35.9 Å². The third kappa shape index (κ3) is 4.21. The van der Waals surface area contributed by atoms with E-state index in [-0.39, 0.29) is 6.42 Å². The Bertz CT molecular complexity index is 331. The average molecular weight is 211 g/mol. The van der Waals surface area contributed by atoms with Crippen LogP contribution < -0.4 is 5.73 Å². The fourth-order valence-electron chi connectivity index (χ4n) is 1.36. The molecule has 0 amide bonds. The monoisotopic (exact) mass is 211 g/mol. The van der Waals surface area contributed by atoms with Gasteiger partial charge in [-0.25, -0.2) is 8.78 Å². The van der Waals surface area contributed by atoms with E-state index in [0.29, 0.717) is 5.57 Å². The highest BCUT2D eigenvalue weighted by atomic mass is 19.3. The molecule has 0 aromatic heterocycles. The summed E-state index contributed by atoms with van der Waals surface area (Å²) in [6.45, 7) is 1.09. The highest BCUT2D eigenvalue weighted by Gasteiger charge is 2.26. The Labute approximate surface area is 88.6 Å². The largest absolute Gasteiger partial charge is 0.325 e. The third-order valence-electron chi connectivity index (χ3n) is 2.05. The molecule has 15 heavy (non-hydrogen) atoms. The van der Waals surface area contributed by atoms with Crippen molar-refractivity contribution < 1.29 is 8.78 Å². The van der Waals surface area contributed by atoms with E-state index in [1.807, 2.05) is 30.3 Å². The van der Waals surface area contributed by atoms with E-state index >= 15 is 0 Å². The molecule has 0 radical (unpaired) electrons. The molecule has 2 N–H and O–H groups in total. The number of hydrogen-bond acceptors (Lipinski definition) is 1. The molecule has 0 saturated heterocycles. The topological polar surface area (TPSA) is 26.0 Å². The van der Waals surface area contributed by atoms with Gasteiger partial charge in [0, 0.05) is 6.42 Å². The second kappa shape index (κ2) is 5.03. The van der Waals surface area contributed by atoms with Crippen LogP contribution in [-0.4, -0.2) is 12.5 Å². The van der Waals surface area contributed by atoms with Gasteiger partial charge in [0.2, 0.25) is 0 Å². The quantitative estimate of drug-likeness (QED) is 0.813. The maximum absolute atomic E-state index is 12.9. The lowest BCUT2D eigenvalue weighted by Gasteiger charge is -2.13. The highest BCUT2D eigenvalue weighted by Crippen LogP contribution is 2.22. The van der Waals surface area contributed by atoms with Crippen molar-refractivity contribution in [3.63, 3.8) is 0 Å². The van der Waals surface area contributed by atoms with Crippen molar-refractivity contribution in [1.82, 2.24) is 0 Å². The van der Waals surface area contributed by atoms with E-state index in [9.17, 15) is 8.78 Å². The van der Waals surface area contributed by atoms with E-state index in [2.05, 4.69) is 0 Å². The second-order valence-corrected chi connectivity index (χ2v) is 3.64. The molecule has 1 rings (SSSR count). The van der Waals surface area contributed by atoms with E-state index in [1.54, 1.807) is 13.0 Å². The molecule has 0 fully saturated rings. The molecule has 0 spiro atoms. The minimum atomic E-state index is -2.80. The maximum atomic E-state index is 12.9. The Hall–Kier alpha value is -1.22. The minimum absolute atomic E-state index is 0.279. The Morgan fingerprint density at radius 2 is 1.93 bits per heavy atom. The van der Waals surface area contributed by atoms with Gasteiger partial charge in [-0.2, -0.15) is 0 Å². The molecule has 1 aromatic rings. The van der Waals surface area contributed by atoms with Crippen LogP contribution in [0.1, 0.15) is 18.9 Å². The zero-order valence-electron chi connectivity index (χ0n) is 8.71. The molecule has 1 nitrogen and oxygen atoms in total. The predicted molar refractivity (Wildman–Crippen MR) is 58.7 cm³/mol. The summed E-state index contributed by atoms with van der Waals surface area (Å²) in [6, 6.07) is 9.40. The number of rotatable bonds is 4. The number of halogens is 2. The lowest BCUT2D eigenvalue weighted by atomic mass is 10.1. The van der Waals surface area contributed by atoms with E-state index in [1.165, 1.54) is 0 Å². The van der Waals surface area contributed by atoms with Crippen molar-refractivity contribution >= 4 is 6.08 Å². The van der Waals surface area contributed by atoms with Crippen molar-refractivity contribution in [3.05, 3.63) is 41.5 Å². The lowest BCUT2D eigenvalue weighted by molar-refractivity contribution is 0.0118. The number of hydrogen-bond donors (Lipinski definition) is 1. The summed E-state index contributed by atoms with van der Waals surface area (Å²) >= 11 is 0. The van der Waals surface area contributed by atoms with Gasteiger partial charge < -0.3 is 5.73 Å². The van der Waals surface area contributed by atoms with Crippen LogP contribution in [0.3, 0.4) is 0 Å². The van der Waals surface area contributed by atoms with Crippen LogP contribution in [0.5, 0.6) is 0 Å². The fourth-order valence-corrected chi connectivity index (χ4v) is 1.36. The molecule has 1 aromatic carbocycles. The van der Waals surface area contributed by atoms with E-state index < -0.39 is 12.5 Å². The smallest absolute Gasteiger partial charge is 0.263 e. The zero-order chi connectivity index (χ0) is 11.3. The van der Waals surface area contributed by atoms with Crippen LogP contribution in [-0.2, 0) is 0 Å². The van der Waals surface area contributed by atoms with E-state index in [0.717, 1.165) is 5.56 Å². The molecule has 0 saturated carbocycles. The molecule has 0 unspecified atom stereocenters. The first-order valence-corrected chi connectivity index (χ1v) is 4.83. The highest BCUT2D eigenvalue weighted by molar-refractivity contribution is 5.52. The van der Waals surface area contributed by atoms with Gasteiger partial charge >= 0.3 is 0 Å². The van der Waals surface area contributed by atoms with Crippen molar-refractivity contribution in [2.24, 2.45) is 5.73 Å². The first kappa shape index (κ1) is 11.9. The van der Waals surface area contributed by atoms with Gasteiger partial charge in [0.15, 0.2) is 0 Å². The molecule has 0 aliphatic rings. The molecular formula is C12H15F2N. The summed E-state index contributed by atoms with van der Waals surface area (Å²) < 4.78 is 25.9. The van der Waals surface area contributed by atoms with Crippen LogP contribution in [0, 0.1) is 0 Å². The Balaban J connectivity index is 2.69. The van der Waals surface area contributed by atoms with Crippen molar-refractivity contribution in [3.8, 4) is 0 Å². The number of benzene rings is 1. The molecule has 3 heteroatoms. The minimum Gasteiger partial charge on any atom is -0.325 e. The Morgan fingerprint density at radius 1 is 1.33 bits per heavy atom. The lowest BCUT2D eigenvalue weighted by Crippen LogP contribution is -2.27. The number of allylic oxidation sites excluding steroid dienone is 1. The SMILES string of the molecule is C/C(=C\c1ccccc1)CC(F)(F)CN. The summed E-state index contributed by atoms with van der Waals surface area (Å²) in [5, 5.41) is 0. The molecule has 0 aliphatic heterocycles. The summed E-state index contributed by atoms with van der Waals surface area (Å²) in [4.78, 5) is 0. The van der Waals surface area contributed by atoms with Gasteiger partial charge in [-0.3, -0.25) is 0 Å². The fraction of sp³-hybridized carbons (Fsp3) is 0.333. The molecule has 0 aliphatic carbocycles. The van der Waals surface area contributed by atoms with Crippen LogP contribution in [0.25, 0.3) is 6.08 Å². The standard InChI is InChI=1S/C12H15F2N/c1-10(8-12(13,14)9-15)7-11-5-3-2-4-6-11/h2-7H,8-9,15H2,1H3/b10-7+. The van der Waals surface area contributed by atoms with Crippen LogP contribution in [0.4, 0.5) is 8.78 Å². The molecule has 82 valence electrons. The Kier molecular flexibility index (Phi) is 3.97. The van der Waals surface area contributed by atoms with Crippen molar-refractivity contribution in [2.75, 3.05) is 6.54 Å². The second-order valence-electron chi connectivity index (χ2n) is 3.64. The summed E-state index contributed by atoms with van der Waals surface area (Å²) in [6.07, 6.45) is 1.47. The average Bonchev–Trinajstić information content (AvgIpc) is 2.18. The number of alkyl halides is 2. The Morgan fingerprint density at radius 3 is 2.47 bits per heavy atom. The van der Waals surface area contributed by atoms with Crippen molar-refractivity contribution in [1.29, 1.82) is 0 Å². The van der Waals surface area contributed by atoms with Crippen molar-refractivity contribution in [2.45, 2.75) is 19.3 Å². The molecular weight excluding hydrogens is 196 g/mol. The summed E-state index contributed by atoms with van der Waals surface area (Å²) in [5.74, 6) is -2.80. The van der Waals surface area contributed by atoms with Gasteiger partial charge in [-0.1, -0.05) is 42.0 Å². The van der Waals surface area contributed by atoms with Crippen LogP contribution >= 0.6 is 0 Å². The van der Waals surface area contributed by atoms with Crippen LogP contribution in [0.2, 0.25) is 0 Å². The van der Waals surface area contributed by atoms with Gasteiger partial charge in [0.25, 0.3) is 5.92 Å².